The number of hydrogen-bond acceptors (Lipinski definition) is 7. The quantitative estimate of drug-likeness (QED) is 0.395. The Kier molecular flexibility index (Phi) is 6.77. The molecule has 5 rings (SSSR count). The van der Waals surface area contributed by atoms with E-state index in [9.17, 15) is 9.59 Å². The number of primary amides is 1. The van der Waals surface area contributed by atoms with E-state index in [1.54, 1.807) is 7.11 Å². The molecule has 0 unspecified atom stereocenters. The number of fused-ring (bicyclic) bond motifs is 1. The summed E-state index contributed by atoms with van der Waals surface area (Å²) in [6, 6.07) is 11.5. The summed E-state index contributed by atoms with van der Waals surface area (Å²) in [6.45, 7) is 1.29. The minimum atomic E-state index is -0.640. The molecule has 3 aromatic rings. The zero-order valence-electron chi connectivity index (χ0n) is 19.9. The first-order valence-electron chi connectivity index (χ1n) is 11.9. The van der Waals surface area contributed by atoms with Crippen molar-refractivity contribution in [2.75, 3.05) is 24.3 Å². The fraction of sp³-hybridized carbons (Fsp3) is 0.308. The predicted octanol–water partition coefficient (Wildman–Crippen LogP) is 4.52. The summed E-state index contributed by atoms with van der Waals surface area (Å²) in [5.74, 6) is 0.988. The lowest BCUT2D eigenvalue weighted by Gasteiger charge is -2.35. The number of nitrogens with two attached hydrogens (primary N) is 1. The van der Waals surface area contributed by atoms with E-state index < -0.39 is 5.91 Å². The molecule has 2 heterocycles. The van der Waals surface area contributed by atoms with Crippen LogP contribution in [0.4, 0.5) is 23.1 Å². The number of anilines is 4. The largest absolute Gasteiger partial charge is 0.495 e. The standard InChI is InChI=1S/C26H27BrN6O3/c1-36-22-12-16-9-10-33(25(35)15-5-4-6-15)14-17(16)11-21(22)31-26-29-13-18(23(28)34)24(32-26)30-20-8-3-2-7-19(20)27/h2-3,7-8,11-13,15H,4-6,9-10,14H2,1H3,(H2,28,34)(H2,29,30,31,32). The highest BCUT2D eigenvalue weighted by Crippen LogP contribution is 2.35. The molecule has 0 radical (unpaired) electrons. The van der Waals surface area contributed by atoms with Crippen molar-refractivity contribution in [3.63, 3.8) is 0 Å². The molecule has 0 spiro atoms. The van der Waals surface area contributed by atoms with Gasteiger partial charge in [-0.1, -0.05) is 18.6 Å². The molecule has 1 aromatic heterocycles. The van der Waals surface area contributed by atoms with Gasteiger partial charge in [0.05, 0.1) is 18.5 Å². The molecule has 2 aromatic carbocycles. The van der Waals surface area contributed by atoms with Crippen LogP contribution in [0.1, 0.15) is 40.7 Å². The average molecular weight is 551 g/mol. The maximum atomic E-state index is 12.8. The van der Waals surface area contributed by atoms with Crippen LogP contribution in [0.2, 0.25) is 0 Å². The van der Waals surface area contributed by atoms with Gasteiger partial charge in [-0.3, -0.25) is 9.59 Å². The molecular weight excluding hydrogens is 524 g/mol. The molecule has 2 aliphatic rings. The number of carbonyl (C=O) groups excluding carboxylic acids is 2. The molecule has 1 fully saturated rings. The lowest BCUT2D eigenvalue weighted by atomic mass is 9.83. The molecular formula is C26H27BrN6O3. The van der Waals surface area contributed by atoms with Gasteiger partial charge in [0.2, 0.25) is 11.9 Å². The Morgan fingerprint density at radius 3 is 2.64 bits per heavy atom. The van der Waals surface area contributed by atoms with Crippen LogP contribution in [0.5, 0.6) is 5.75 Å². The molecule has 0 saturated heterocycles. The molecule has 1 aliphatic heterocycles. The number of halogens is 1. The fourth-order valence-electron chi connectivity index (χ4n) is 4.48. The Bertz CT molecular complexity index is 1330. The van der Waals surface area contributed by atoms with Crippen molar-refractivity contribution in [3.8, 4) is 5.75 Å². The number of hydrogen-bond donors (Lipinski definition) is 3. The summed E-state index contributed by atoms with van der Waals surface area (Å²) in [7, 11) is 1.61. The first kappa shape index (κ1) is 24.1. The van der Waals surface area contributed by atoms with Gasteiger partial charge < -0.3 is 26.0 Å². The molecule has 186 valence electrons. The number of methoxy groups -OCH3 is 1. The predicted molar refractivity (Wildman–Crippen MR) is 141 cm³/mol. The second-order valence-electron chi connectivity index (χ2n) is 9.01. The van der Waals surface area contributed by atoms with Gasteiger partial charge in [-0.2, -0.15) is 4.98 Å². The number of nitrogens with one attached hydrogen (secondary N) is 2. The van der Waals surface area contributed by atoms with Crippen LogP contribution in [-0.4, -0.2) is 40.3 Å². The number of rotatable bonds is 7. The molecule has 2 amide bonds. The van der Waals surface area contributed by atoms with Crippen molar-refractivity contribution in [2.45, 2.75) is 32.2 Å². The average Bonchev–Trinajstić information content (AvgIpc) is 2.83. The smallest absolute Gasteiger partial charge is 0.254 e. The zero-order valence-corrected chi connectivity index (χ0v) is 21.5. The van der Waals surface area contributed by atoms with E-state index in [-0.39, 0.29) is 29.2 Å². The van der Waals surface area contributed by atoms with Gasteiger partial charge >= 0.3 is 0 Å². The SMILES string of the molecule is COc1cc2c(cc1Nc1ncc(C(N)=O)c(Nc3ccccc3Br)n1)CN(C(=O)C1CCC1)CC2. The van der Waals surface area contributed by atoms with E-state index >= 15 is 0 Å². The number of aromatic nitrogens is 2. The maximum Gasteiger partial charge on any atom is 0.254 e. The second-order valence-corrected chi connectivity index (χ2v) is 9.86. The number of para-hydroxylation sites is 1. The van der Waals surface area contributed by atoms with Gasteiger partial charge in [0.15, 0.2) is 0 Å². The Labute approximate surface area is 217 Å². The Morgan fingerprint density at radius 1 is 1.14 bits per heavy atom. The number of benzene rings is 2. The van der Waals surface area contributed by atoms with Crippen LogP contribution in [0.25, 0.3) is 0 Å². The van der Waals surface area contributed by atoms with E-state index in [1.165, 1.54) is 6.20 Å². The molecule has 10 heteroatoms. The van der Waals surface area contributed by atoms with Crippen molar-refractivity contribution < 1.29 is 14.3 Å². The lowest BCUT2D eigenvalue weighted by molar-refractivity contribution is -0.139. The van der Waals surface area contributed by atoms with Crippen LogP contribution in [0.3, 0.4) is 0 Å². The van der Waals surface area contributed by atoms with Crippen LogP contribution in [0, 0.1) is 5.92 Å². The molecule has 1 saturated carbocycles. The van der Waals surface area contributed by atoms with Gasteiger partial charge in [0.25, 0.3) is 5.91 Å². The van der Waals surface area contributed by atoms with Gasteiger partial charge in [-0.05, 0) is 70.6 Å². The van der Waals surface area contributed by atoms with Crippen LogP contribution in [0.15, 0.2) is 47.1 Å². The molecule has 0 atom stereocenters. The van der Waals surface area contributed by atoms with Crippen LogP contribution >= 0.6 is 15.9 Å². The Balaban J connectivity index is 1.43. The van der Waals surface area contributed by atoms with Crippen LogP contribution < -0.4 is 21.1 Å². The monoisotopic (exact) mass is 550 g/mol. The molecule has 4 N–H and O–H groups in total. The normalized spacial score (nSPS) is 15.0. The van der Waals surface area contributed by atoms with Crippen molar-refractivity contribution in [2.24, 2.45) is 11.7 Å². The highest BCUT2D eigenvalue weighted by atomic mass is 79.9. The van der Waals surface area contributed by atoms with Gasteiger partial charge in [0, 0.05) is 29.7 Å². The molecule has 1 aliphatic carbocycles. The lowest BCUT2D eigenvalue weighted by Crippen LogP contribution is -2.41. The van der Waals surface area contributed by atoms with E-state index in [0.717, 1.165) is 53.5 Å². The van der Waals surface area contributed by atoms with Gasteiger partial charge in [0.1, 0.15) is 17.1 Å². The fourth-order valence-corrected chi connectivity index (χ4v) is 4.87. The molecule has 36 heavy (non-hydrogen) atoms. The Hall–Kier alpha value is -3.66. The minimum absolute atomic E-state index is 0.166. The van der Waals surface area contributed by atoms with Crippen molar-refractivity contribution in [3.05, 3.63) is 63.8 Å². The summed E-state index contributed by atoms with van der Waals surface area (Å²) in [5.41, 5.74) is 9.36. The number of amides is 2. The summed E-state index contributed by atoms with van der Waals surface area (Å²) < 4.78 is 6.44. The third kappa shape index (κ3) is 4.86. The third-order valence-corrected chi connectivity index (χ3v) is 7.42. The summed E-state index contributed by atoms with van der Waals surface area (Å²) in [6.07, 6.45) is 5.30. The maximum absolute atomic E-state index is 12.8. The summed E-state index contributed by atoms with van der Waals surface area (Å²) in [5, 5.41) is 6.37. The topological polar surface area (TPSA) is 122 Å². The number of nitrogens with zero attached hydrogens (tertiary/aromatic N) is 3. The summed E-state index contributed by atoms with van der Waals surface area (Å²) in [4.78, 5) is 35.6. The highest BCUT2D eigenvalue weighted by Gasteiger charge is 2.31. The zero-order chi connectivity index (χ0) is 25.2. The number of carbonyl (C=O) groups is 2. The van der Waals surface area contributed by atoms with Gasteiger partial charge in [-0.25, -0.2) is 4.98 Å². The first-order chi connectivity index (χ1) is 17.4. The highest BCUT2D eigenvalue weighted by molar-refractivity contribution is 9.10. The Morgan fingerprint density at radius 2 is 1.94 bits per heavy atom. The molecule has 0 bridgehead atoms. The number of ether oxygens (including phenoxy) is 1. The molecule has 9 nitrogen and oxygen atoms in total. The first-order valence-corrected chi connectivity index (χ1v) is 12.7. The third-order valence-electron chi connectivity index (χ3n) is 6.73. The van der Waals surface area contributed by atoms with Crippen molar-refractivity contribution >= 4 is 50.9 Å². The van der Waals surface area contributed by atoms with Crippen molar-refractivity contribution in [1.82, 2.24) is 14.9 Å². The van der Waals surface area contributed by atoms with E-state index in [0.29, 0.717) is 18.0 Å². The van der Waals surface area contributed by atoms with Crippen LogP contribution in [-0.2, 0) is 17.8 Å². The van der Waals surface area contributed by atoms with E-state index in [4.69, 9.17) is 10.5 Å². The summed E-state index contributed by atoms with van der Waals surface area (Å²) >= 11 is 3.49. The second kappa shape index (κ2) is 10.1. The van der Waals surface area contributed by atoms with Gasteiger partial charge in [-0.15, -0.1) is 0 Å². The van der Waals surface area contributed by atoms with E-state index in [2.05, 4.69) is 36.5 Å². The van der Waals surface area contributed by atoms with E-state index in [1.807, 2.05) is 41.3 Å². The van der Waals surface area contributed by atoms with Crippen molar-refractivity contribution in [1.29, 1.82) is 0 Å². The minimum Gasteiger partial charge on any atom is -0.495 e.